The minimum absolute atomic E-state index is 0.150. The second-order valence-corrected chi connectivity index (χ2v) is 8.52. The van der Waals surface area contributed by atoms with Crippen molar-refractivity contribution in [2.45, 2.75) is 37.4 Å². The highest BCUT2D eigenvalue weighted by atomic mass is 19.4. The molecule has 3 aromatic rings. The Labute approximate surface area is 159 Å². The minimum atomic E-state index is -4.46. The first kappa shape index (κ1) is 16.4. The maximum Gasteiger partial charge on any atom is 0.435 e. The number of fused-ring (bicyclic) bond motifs is 9. The molecule has 3 aliphatic rings. The summed E-state index contributed by atoms with van der Waals surface area (Å²) in [6, 6.07) is 3.56. The lowest BCUT2D eigenvalue weighted by Crippen LogP contribution is -2.36. The lowest BCUT2D eigenvalue weighted by molar-refractivity contribution is -0.142. The molecule has 3 heterocycles. The predicted octanol–water partition coefficient (Wildman–Crippen LogP) is 4.61. The molecule has 0 radical (unpaired) electrons. The minimum Gasteiger partial charge on any atom is -0.378 e. The van der Waals surface area contributed by atoms with Gasteiger partial charge in [-0.25, -0.2) is 0 Å². The van der Waals surface area contributed by atoms with Crippen LogP contribution in [0.2, 0.25) is 0 Å². The van der Waals surface area contributed by atoms with Gasteiger partial charge >= 0.3 is 6.18 Å². The first-order valence-electron chi connectivity index (χ1n) is 9.75. The number of benzene rings is 1. The molecule has 0 amide bonds. The molecule has 146 valence electrons. The van der Waals surface area contributed by atoms with Gasteiger partial charge in [-0.15, -0.1) is 0 Å². The van der Waals surface area contributed by atoms with Gasteiger partial charge in [0.25, 0.3) is 0 Å². The molecule has 2 saturated carbocycles. The van der Waals surface area contributed by atoms with Crippen molar-refractivity contribution in [2.75, 3.05) is 5.32 Å². The lowest BCUT2D eigenvalue weighted by atomic mass is 9.67. The molecule has 5 atom stereocenters. The van der Waals surface area contributed by atoms with Crippen LogP contribution in [0, 0.1) is 17.8 Å². The third kappa shape index (κ3) is 2.08. The van der Waals surface area contributed by atoms with Gasteiger partial charge in [-0.1, -0.05) is 0 Å². The monoisotopic (exact) mass is 387 g/mol. The van der Waals surface area contributed by atoms with E-state index in [0.29, 0.717) is 11.8 Å². The summed E-state index contributed by atoms with van der Waals surface area (Å²) >= 11 is 0. The summed E-state index contributed by atoms with van der Waals surface area (Å²) in [4.78, 5) is 0. The van der Waals surface area contributed by atoms with Crippen molar-refractivity contribution in [3.05, 3.63) is 41.3 Å². The lowest BCUT2D eigenvalue weighted by Gasteiger charge is -2.43. The number of aromatic amines is 1. The summed E-state index contributed by atoms with van der Waals surface area (Å²) in [6.45, 7) is 0. The molecule has 8 heteroatoms. The number of aryl methyl sites for hydroxylation is 1. The molecule has 2 fully saturated rings. The van der Waals surface area contributed by atoms with E-state index in [4.69, 9.17) is 0 Å². The summed E-state index contributed by atoms with van der Waals surface area (Å²) in [5.41, 5.74) is 2.66. The number of halogens is 3. The number of anilines is 1. The van der Waals surface area contributed by atoms with Gasteiger partial charge in [-0.05, 0) is 60.6 Å². The molecule has 28 heavy (non-hydrogen) atoms. The molecular weight excluding hydrogens is 367 g/mol. The highest BCUT2D eigenvalue weighted by molar-refractivity contribution is 5.88. The van der Waals surface area contributed by atoms with Crippen LogP contribution in [0.5, 0.6) is 0 Å². The van der Waals surface area contributed by atoms with Crippen molar-refractivity contribution in [3.63, 3.8) is 0 Å². The van der Waals surface area contributed by atoms with Crippen LogP contribution in [0.1, 0.15) is 48.0 Å². The molecule has 6 rings (SSSR count). The summed E-state index contributed by atoms with van der Waals surface area (Å²) < 4.78 is 42.4. The highest BCUT2D eigenvalue weighted by Crippen LogP contribution is 2.64. The Morgan fingerprint density at radius 1 is 1.18 bits per heavy atom. The largest absolute Gasteiger partial charge is 0.435 e. The van der Waals surface area contributed by atoms with Gasteiger partial charge in [0.1, 0.15) is 0 Å². The van der Waals surface area contributed by atoms with Crippen molar-refractivity contribution >= 4 is 16.6 Å². The number of hydrogen-bond donors (Lipinski definition) is 2. The van der Waals surface area contributed by atoms with Crippen LogP contribution in [0.3, 0.4) is 0 Å². The van der Waals surface area contributed by atoms with Gasteiger partial charge in [0.2, 0.25) is 0 Å². The number of hydrogen-bond acceptors (Lipinski definition) is 3. The second-order valence-electron chi connectivity index (χ2n) is 8.52. The summed E-state index contributed by atoms with van der Waals surface area (Å²) in [7, 11) is 1.56. The predicted molar refractivity (Wildman–Crippen MR) is 97.7 cm³/mol. The molecule has 2 aromatic heterocycles. The quantitative estimate of drug-likeness (QED) is 0.641. The summed E-state index contributed by atoms with van der Waals surface area (Å²) in [6.07, 6.45) is 2.30. The molecule has 1 aromatic carbocycles. The van der Waals surface area contributed by atoms with Crippen molar-refractivity contribution < 1.29 is 13.2 Å². The van der Waals surface area contributed by atoms with Gasteiger partial charge in [0, 0.05) is 29.9 Å². The van der Waals surface area contributed by atoms with Crippen molar-refractivity contribution in [3.8, 4) is 0 Å². The van der Waals surface area contributed by atoms with Crippen LogP contribution in [0.25, 0.3) is 10.9 Å². The van der Waals surface area contributed by atoms with Crippen LogP contribution < -0.4 is 5.32 Å². The van der Waals surface area contributed by atoms with Gasteiger partial charge in [-0.3, -0.25) is 9.78 Å². The van der Waals surface area contributed by atoms with E-state index in [1.54, 1.807) is 13.2 Å². The number of H-pyrrole nitrogens is 1. The Balaban J connectivity index is 1.56. The average molecular weight is 387 g/mol. The Morgan fingerprint density at radius 2 is 2.00 bits per heavy atom. The topological polar surface area (TPSA) is 58.5 Å². The van der Waals surface area contributed by atoms with Crippen molar-refractivity contribution in [2.24, 2.45) is 24.8 Å². The van der Waals surface area contributed by atoms with Gasteiger partial charge in [0.15, 0.2) is 5.69 Å². The van der Waals surface area contributed by atoms with E-state index in [2.05, 4.69) is 20.6 Å². The van der Waals surface area contributed by atoms with E-state index in [1.165, 1.54) is 10.2 Å². The molecular formula is C20H20F3N5. The fourth-order valence-electron chi connectivity index (χ4n) is 6.27. The number of aromatic nitrogens is 4. The van der Waals surface area contributed by atoms with E-state index in [1.807, 2.05) is 18.3 Å². The van der Waals surface area contributed by atoms with Crippen LogP contribution in [0.4, 0.5) is 18.9 Å². The standard InChI is InChI=1S/C20H20F3N5/c1-28-8-12(19(27-28)20(21,22)23)18-16-10-3-2-9(6-10)15(16)17-11-7-24-26-13(11)4-5-14(17)25-18/h4-5,7-10,15-16,18,25H,2-3,6H2,1H3,(H,24,26)/t9-,10-,15+,16-,18+/m1/s1. The van der Waals surface area contributed by atoms with Crippen molar-refractivity contribution in [1.29, 1.82) is 0 Å². The maximum absolute atomic E-state index is 13.7. The molecule has 2 aliphatic carbocycles. The number of alkyl halides is 3. The van der Waals surface area contributed by atoms with Crippen LogP contribution in [0.15, 0.2) is 24.5 Å². The number of nitrogens with one attached hydrogen (secondary N) is 2. The zero-order valence-electron chi connectivity index (χ0n) is 15.3. The van der Waals surface area contributed by atoms with E-state index in [9.17, 15) is 13.2 Å². The third-order valence-electron chi connectivity index (χ3n) is 7.14. The van der Waals surface area contributed by atoms with E-state index >= 15 is 0 Å². The summed E-state index contributed by atoms with van der Waals surface area (Å²) in [5, 5.41) is 15.6. The zero-order chi connectivity index (χ0) is 19.2. The maximum atomic E-state index is 13.7. The fourth-order valence-corrected chi connectivity index (χ4v) is 6.27. The average Bonchev–Trinajstić information content (AvgIpc) is 3.42. The molecule has 2 bridgehead atoms. The Morgan fingerprint density at radius 3 is 2.82 bits per heavy atom. The second kappa shape index (κ2) is 5.30. The number of rotatable bonds is 1. The molecule has 0 spiro atoms. The van der Waals surface area contributed by atoms with Crippen LogP contribution in [-0.4, -0.2) is 20.0 Å². The smallest absolute Gasteiger partial charge is 0.378 e. The molecule has 0 saturated heterocycles. The van der Waals surface area contributed by atoms with E-state index in [0.717, 1.165) is 35.9 Å². The molecule has 2 N–H and O–H groups in total. The third-order valence-corrected chi connectivity index (χ3v) is 7.14. The first-order valence-corrected chi connectivity index (χ1v) is 9.75. The highest BCUT2D eigenvalue weighted by Gasteiger charge is 2.55. The summed E-state index contributed by atoms with van der Waals surface area (Å²) in [5.74, 6) is 1.40. The van der Waals surface area contributed by atoms with Crippen LogP contribution in [-0.2, 0) is 13.2 Å². The molecule has 5 nitrogen and oxygen atoms in total. The Hall–Kier alpha value is -2.51. The van der Waals surface area contributed by atoms with Gasteiger partial charge in [-0.2, -0.15) is 23.4 Å². The first-order chi connectivity index (χ1) is 13.4. The molecule has 0 unspecified atom stereocenters. The van der Waals surface area contributed by atoms with E-state index in [-0.39, 0.29) is 23.4 Å². The number of nitrogens with zero attached hydrogens (tertiary/aromatic N) is 3. The fraction of sp³-hybridized carbons (Fsp3) is 0.500. The molecule has 1 aliphatic heterocycles. The normalized spacial score (nSPS) is 31.1. The van der Waals surface area contributed by atoms with E-state index < -0.39 is 11.9 Å². The SMILES string of the molecule is Cn1cc([C@@H]2Nc3ccc4[nH]ncc4c3[C@H]3[C@@H]4CC[C@H](C4)[C@H]32)c(C(F)(F)F)n1. The van der Waals surface area contributed by atoms with Gasteiger partial charge in [0.05, 0.1) is 17.8 Å². The van der Waals surface area contributed by atoms with Gasteiger partial charge < -0.3 is 5.32 Å². The Kier molecular flexibility index (Phi) is 3.11. The van der Waals surface area contributed by atoms with Crippen LogP contribution >= 0.6 is 0 Å². The Bertz CT molecular complexity index is 1080. The van der Waals surface area contributed by atoms with Crippen molar-refractivity contribution in [1.82, 2.24) is 20.0 Å². The zero-order valence-corrected chi connectivity index (χ0v) is 15.3.